The molecule has 0 bridgehead atoms. The summed E-state index contributed by atoms with van der Waals surface area (Å²) in [4.78, 5) is 2.14. The van der Waals surface area contributed by atoms with Crippen LogP contribution in [0.3, 0.4) is 0 Å². The van der Waals surface area contributed by atoms with Crippen molar-refractivity contribution in [3.8, 4) is 5.75 Å². The van der Waals surface area contributed by atoms with Crippen LogP contribution in [-0.2, 0) is 10.0 Å². The van der Waals surface area contributed by atoms with Crippen molar-refractivity contribution in [2.24, 2.45) is 0 Å². The molecule has 1 aromatic carbocycles. The topological polar surface area (TPSA) is 58.6 Å². The fourth-order valence-electron chi connectivity index (χ4n) is 2.95. The summed E-state index contributed by atoms with van der Waals surface area (Å²) in [7, 11) is -3.88. The summed E-state index contributed by atoms with van der Waals surface area (Å²) in [6.07, 6.45) is -1.03. The van der Waals surface area contributed by atoms with E-state index in [4.69, 9.17) is 0 Å². The highest BCUT2D eigenvalue weighted by Gasteiger charge is 2.34. The Kier molecular flexibility index (Phi) is 4.76. The van der Waals surface area contributed by atoms with Crippen LogP contribution in [0.15, 0.2) is 29.2 Å². The van der Waals surface area contributed by atoms with Crippen molar-refractivity contribution in [3.63, 3.8) is 0 Å². The fraction of sp³-hybridized carbons (Fsp3) is 0.600. The number of sulfonamides is 1. The maximum absolute atomic E-state index is 12.4. The predicted octanol–water partition coefficient (Wildman–Crippen LogP) is 2.49. The third kappa shape index (κ3) is 4.61. The third-order valence-electron chi connectivity index (χ3n) is 4.26. The van der Waals surface area contributed by atoms with Gasteiger partial charge < -0.3 is 9.64 Å². The molecule has 0 unspecified atom stereocenters. The maximum atomic E-state index is 12.4. The molecule has 0 atom stereocenters. The van der Waals surface area contributed by atoms with Crippen LogP contribution in [0.1, 0.15) is 25.7 Å². The molecule has 1 heterocycles. The first kappa shape index (κ1) is 17.5. The van der Waals surface area contributed by atoms with E-state index in [1.807, 2.05) is 0 Å². The second-order valence-corrected chi connectivity index (χ2v) is 7.90. The van der Waals surface area contributed by atoms with Gasteiger partial charge in [-0.15, -0.1) is 13.2 Å². The van der Waals surface area contributed by atoms with E-state index >= 15 is 0 Å². The van der Waals surface area contributed by atoms with Crippen LogP contribution in [-0.4, -0.2) is 44.9 Å². The van der Waals surface area contributed by atoms with E-state index in [1.54, 1.807) is 0 Å². The lowest BCUT2D eigenvalue weighted by molar-refractivity contribution is -0.274. The molecular formula is C15H19F3N2O3S. The molecule has 1 aromatic rings. The normalized spacial score (nSPS) is 21.0. The minimum atomic E-state index is -4.86. The highest BCUT2D eigenvalue weighted by molar-refractivity contribution is 7.89. The maximum Gasteiger partial charge on any atom is 0.573 e. The summed E-state index contributed by atoms with van der Waals surface area (Å²) < 4.78 is 67.9. The summed E-state index contributed by atoms with van der Waals surface area (Å²) >= 11 is 0. The van der Waals surface area contributed by atoms with Gasteiger partial charge in [0.15, 0.2) is 0 Å². The molecule has 1 N–H and O–H groups in total. The fourth-order valence-corrected chi connectivity index (χ4v) is 4.29. The van der Waals surface area contributed by atoms with Gasteiger partial charge >= 0.3 is 6.36 Å². The van der Waals surface area contributed by atoms with Crippen LogP contribution < -0.4 is 9.46 Å². The average molecular weight is 364 g/mol. The van der Waals surface area contributed by atoms with Crippen molar-refractivity contribution < 1.29 is 26.3 Å². The van der Waals surface area contributed by atoms with E-state index in [0.717, 1.165) is 25.2 Å². The summed E-state index contributed by atoms with van der Waals surface area (Å²) in [5, 5.41) is 0. The summed E-state index contributed by atoms with van der Waals surface area (Å²) in [5.41, 5.74) is 0. The van der Waals surface area contributed by atoms with Gasteiger partial charge in [0.25, 0.3) is 0 Å². The Hall–Kier alpha value is -1.32. The molecule has 0 radical (unpaired) electrons. The molecule has 0 amide bonds. The number of rotatable bonds is 5. The minimum absolute atomic E-state index is 0.197. The van der Waals surface area contributed by atoms with Crippen LogP contribution in [0.5, 0.6) is 5.75 Å². The molecule has 0 aromatic heterocycles. The number of nitrogens with zero attached hydrogens (tertiary/aromatic N) is 1. The molecule has 1 aliphatic heterocycles. The van der Waals surface area contributed by atoms with E-state index in [-0.39, 0.29) is 10.9 Å². The van der Waals surface area contributed by atoms with E-state index < -0.39 is 22.1 Å². The number of benzene rings is 1. The van der Waals surface area contributed by atoms with Gasteiger partial charge in [0.1, 0.15) is 5.75 Å². The van der Waals surface area contributed by atoms with E-state index in [1.165, 1.54) is 25.0 Å². The van der Waals surface area contributed by atoms with Gasteiger partial charge in [0.2, 0.25) is 10.0 Å². The zero-order chi connectivity index (χ0) is 17.4. The van der Waals surface area contributed by atoms with Crippen LogP contribution in [0.4, 0.5) is 13.2 Å². The van der Waals surface area contributed by atoms with Gasteiger partial charge in [0, 0.05) is 18.2 Å². The Labute approximate surface area is 138 Å². The first-order valence-corrected chi connectivity index (χ1v) is 9.33. The zero-order valence-corrected chi connectivity index (χ0v) is 13.7. The van der Waals surface area contributed by atoms with E-state index in [2.05, 4.69) is 14.4 Å². The molecule has 1 aliphatic carbocycles. The summed E-state index contributed by atoms with van der Waals surface area (Å²) in [6.45, 7) is 1.68. The van der Waals surface area contributed by atoms with Crippen molar-refractivity contribution in [2.75, 3.05) is 13.1 Å². The van der Waals surface area contributed by atoms with Crippen LogP contribution in [0, 0.1) is 0 Å². The SMILES string of the molecule is O=S(=O)(NC1CCN(C2CC2)CC1)c1cccc(OC(F)(F)F)c1. The number of alkyl halides is 3. The van der Waals surface area contributed by atoms with Crippen molar-refractivity contribution >= 4 is 10.0 Å². The number of ether oxygens (including phenoxy) is 1. The lowest BCUT2D eigenvalue weighted by Gasteiger charge is -2.32. The number of piperidine rings is 1. The Morgan fingerprint density at radius 3 is 2.38 bits per heavy atom. The lowest BCUT2D eigenvalue weighted by Crippen LogP contribution is -2.45. The quantitative estimate of drug-likeness (QED) is 0.872. The lowest BCUT2D eigenvalue weighted by atomic mass is 10.1. The Bertz CT molecular complexity index is 681. The zero-order valence-electron chi connectivity index (χ0n) is 12.9. The third-order valence-corrected chi connectivity index (χ3v) is 5.78. The molecule has 3 rings (SSSR count). The number of nitrogens with one attached hydrogen (secondary N) is 1. The average Bonchev–Trinajstić information content (AvgIpc) is 3.31. The smallest absolute Gasteiger partial charge is 0.406 e. The van der Waals surface area contributed by atoms with Gasteiger partial charge in [-0.2, -0.15) is 0 Å². The molecule has 1 saturated heterocycles. The van der Waals surface area contributed by atoms with E-state index in [0.29, 0.717) is 18.9 Å². The van der Waals surface area contributed by atoms with Crippen molar-refractivity contribution in [2.45, 2.75) is 49.0 Å². The standard InChI is InChI=1S/C15H19F3N2O3S/c16-15(17,18)23-13-2-1-3-14(10-13)24(21,22)19-11-6-8-20(9-7-11)12-4-5-12/h1-3,10-12,19H,4-9H2. The molecule has 0 spiro atoms. The first-order chi connectivity index (χ1) is 11.2. The Balaban J connectivity index is 1.63. The summed E-state index contributed by atoms with van der Waals surface area (Å²) in [6, 6.07) is 4.89. The van der Waals surface area contributed by atoms with Gasteiger partial charge in [0.05, 0.1) is 4.90 Å². The van der Waals surface area contributed by atoms with Gasteiger partial charge in [-0.05, 0) is 50.9 Å². The molecule has 134 valence electrons. The largest absolute Gasteiger partial charge is 0.573 e. The Morgan fingerprint density at radius 1 is 1.12 bits per heavy atom. The second kappa shape index (κ2) is 6.53. The number of hydrogen-bond donors (Lipinski definition) is 1. The van der Waals surface area contributed by atoms with Crippen molar-refractivity contribution in [3.05, 3.63) is 24.3 Å². The molecule has 9 heteroatoms. The molecule has 1 saturated carbocycles. The number of hydrogen-bond acceptors (Lipinski definition) is 4. The van der Waals surface area contributed by atoms with E-state index in [9.17, 15) is 21.6 Å². The number of halogens is 3. The van der Waals surface area contributed by atoms with Crippen molar-refractivity contribution in [1.82, 2.24) is 9.62 Å². The molecular weight excluding hydrogens is 345 g/mol. The Morgan fingerprint density at radius 2 is 1.79 bits per heavy atom. The highest BCUT2D eigenvalue weighted by atomic mass is 32.2. The van der Waals surface area contributed by atoms with Crippen molar-refractivity contribution in [1.29, 1.82) is 0 Å². The monoisotopic (exact) mass is 364 g/mol. The van der Waals surface area contributed by atoms with Gasteiger partial charge in [-0.1, -0.05) is 6.07 Å². The number of likely N-dealkylation sites (tertiary alicyclic amines) is 1. The van der Waals surface area contributed by atoms with Gasteiger partial charge in [-0.25, -0.2) is 13.1 Å². The van der Waals surface area contributed by atoms with Gasteiger partial charge in [-0.3, -0.25) is 0 Å². The minimum Gasteiger partial charge on any atom is -0.406 e. The molecule has 2 fully saturated rings. The first-order valence-electron chi connectivity index (χ1n) is 7.85. The highest BCUT2D eigenvalue weighted by Crippen LogP contribution is 2.30. The molecule has 5 nitrogen and oxygen atoms in total. The van der Waals surface area contributed by atoms with Crippen LogP contribution >= 0.6 is 0 Å². The molecule has 24 heavy (non-hydrogen) atoms. The van der Waals surface area contributed by atoms with Crippen LogP contribution in [0.2, 0.25) is 0 Å². The summed E-state index contributed by atoms with van der Waals surface area (Å²) in [5.74, 6) is -0.547. The van der Waals surface area contributed by atoms with Crippen LogP contribution in [0.25, 0.3) is 0 Å². The second-order valence-electron chi connectivity index (χ2n) is 6.19. The molecule has 2 aliphatic rings. The predicted molar refractivity (Wildman–Crippen MR) is 81.1 cm³/mol.